The molecule has 108 valence electrons. The van der Waals surface area contributed by atoms with Gasteiger partial charge in [0.1, 0.15) is 11.3 Å². The fraction of sp³-hybridized carbons (Fsp3) is 0.385. The fourth-order valence-electron chi connectivity index (χ4n) is 2.02. The van der Waals surface area contributed by atoms with E-state index in [2.05, 4.69) is 9.97 Å². The number of aryl methyl sites for hydroxylation is 1. The molecule has 0 spiro atoms. The number of aromatic amines is 1. The number of carbonyl (C=O) groups excluding carboxylic acids is 1. The number of halogens is 3. The molecule has 0 saturated carbocycles. The summed E-state index contributed by atoms with van der Waals surface area (Å²) in [5, 5.41) is 0.297. The topological polar surface area (TPSA) is 55.0 Å². The second kappa shape index (κ2) is 5.15. The Balaban J connectivity index is 2.61. The molecule has 2 rings (SSSR count). The molecular formula is C13H13F3N2O2. The summed E-state index contributed by atoms with van der Waals surface area (Å²) in [6, 6.07) is 1.00. The minimum absolute atomic E-state index is 0.163. The van der Waals surface area contributed by atoms with Crippen LogP contribution >= 0.6 is 0 Å². The van der Waals surface area contributed by atoms with Gasteiger partial charge in [-0.05, 0) is 25.0 Å². The molecule has 0 unspecified atom stereocenters. The average Bonchev–Trinajstić information content (AvgIpc) is 2.75. The van der Waals surface area contributed by atoms with Crippen LogP contribution < -0.4 is 0 Å². The smallest absolute Gasteiger partial charge is 0.417 e. The van der Waals surface area contributed by atoms with E-state index in [0.29, 0.717) is 17.4 Å². The summed E-state index contributed by atoms with van der Waals surface area (Å²) < 4.78 is 43.0. The number of nitrogens with zero attached hydrogens (tertiary/aromatic N) is 1. The van der Waals surface area contributed by atoms with Crippen molar-refractivity contribution in [2.45, 2.75) is 26.4 Å². The molecule has 2 aromatic heterocycles. The van der Waals surface area contributed by atoms with Gasteiger partial charge in [0.25, 0.3) is 0 Å². The first-order valence-corrected chi connectivity index (χ1v) is 6.13. The Hall–Kier alpha value is -2.05. The van der Waals surface area contributed by atoms with E-state index in [0.717, 1.165) is 12.3 Å². The number of pyridine rings is 1. The number of H-pyrrole nitrogens is 1. The molecule has 0 aromatic carbocycles. The molecule has 2 heterocycles. The lowest BCUT2D eigenvalue weighted by molar-refractivity contribution is -0.137. The third-order valence-corrected chi connectivity index (χ3v) is 2.92. The van der Waals surface area contributed by atoms with Gasteiger partial charge in [0.05, 0.1) is 12.2 Å². The van der Waals surface area contributed by atoms with Crippen LogP contribution in [-0.4, -0.2) is 22.5 Å². The first kappa shape index (κ1) is 14.4. The van der Waals surface area contributed by atoms with Gasteiger partial charge >= 0.3 is 12.1 Å². The number of alkyl halides is 3. The highest BCUT2D eigenvalue weighted by Crippen LogP contribution is 2.32. The second-order valence-corrected chi connectivity index (χ2v) is 4.17. The SMILES string of the molecule is CCOC(=O)c1[nH]c2ncc(C(F)(F)F)cc2c1CC. The summed E-state index contributed by atoms with van der Waals surface area (Å²) in [6.07, 6.45) is -3.32. The molecule has 0 amide bonds. The number of rotatable bonds is 3. The molecule has 2 aromatic rings. The second-order valence-electron chi connectivity index (χ2n) is 4.17. The van der Waals surface area contributed by atoms with Crippen LogP contribution in [0.3, 0.4) is 0 Å². The Kier molecular flexibility index (Phi) is 3.69. The standard InChI is InChI=1S/C13H13F3N2O2/c1-3-8-9-5-7(13(14,15)16)6-17-11(9)18-10(8)12(19)20-4-2/h5-6H,3-4H2,1-2H3,(H,17,18). The van der Waals surface area contributed by atoms with Gasteiger partial charge in [0, 0.05) is 11.6 Å². The van der Waals surface area contributed by atoms with Crippen LogP contribution in [-0.2, 0) is 17.3 Å². The number of ether oxygens (including phenoxy) is 1. The van der Waals surface area contributed by atoms with E-state index in [9.17, 15) is 18.0 Å². The molecule has 0 radical (unpaired) electrons. The van der Waals surface area contributed by atoms with Crippen molar-refractivity contribution in [1.29, 1.82) is 0 Å². The van der Waals surface area contributed by atoms with E-state index < -0.39 is 17.7 Å². The van der Waals surface area contributed by atoms with Gasteiger partial charge in [0.15, 0.2) is 0 Å². The van der Waals surface area contributed by atoms with Crippen LogP contribution in [0.5, 0.6) is 0 Å². The van der Waals surface area contributed by atoms with Crippen molar-refractivity contribution < 1.29 is 22.7 Å². The number of fused-ring (bicyclic) bond motifs is 1. The van der Waals surface area contributed by atoms with Crippen molar-refractivity contribution in [2.24, 2.45) is 0 Å². The molecule has 0 atom stereocenters. The van der Waals surface area contributed by atoms with Crippen LogP contribution in [0.4, 0.5) is 13.2 Å². The van der Waals surface area contributed by atoms with Crippen LogP contribution in [0, 0.1) is 0 Å². The summed E-state index contributed by atoms with van der Waals surface area (Å²) in [6.45, 7) is 3.61. The molecule has 0 aliphatic heterocycles. The van der Waals surface area contributed by atoms with Crippen molar-refractivity contribution in [2.75, 3.05) is 6.61 Å². The summed E-state index contributed by atoms with van der Waals surface area (Å²) >= 11 is 0. The predicted molar refractivity (Wildman–Crippen MR) is 66.4 cm³/mol. The van der Waals surface area contributed by atoms with Crippen LogP contribution in [0.1, 0.15) is 35.5 Å². The molecule has 0 aliphatic carbocycles. The number of hydrogen-bond acceptors (Lipinski definition) is 3. The Bertz CT molecular complexity index is 647. The molecular weight excluding hydrogens is 273 g/mol. The molecule has 0 aliphatic rings. The van der Waals surface area contributed by atoms with Crippen molar-refractivity contribution >= 4 is 17.0 Å². The first-order chi connectivity index (χ1) is 9.38. The average molecular weight is 286 g/mol. The van der Waals surface area contributed by atoms with Gasteiger partial charge in [-0.25, -0.2) is 9.78 Å². The highest BCUT2D eigenvalue weighted by molar-refractivity contribution is 5.97. The number of carbonyl (C=O) groups is 1. The molecule has 0 bridgehead atoms. The summed E-state index contributed by atoms with van der Waals surface area (Å²) in [4.78, 5) is 18.2. The number of aromatic nitrogens is 2. The zero-order chi connectivity index (χ0) is 14.9. The Morgan fingerprint density at radius 1 is 1.40 bits per heavy atom. The number of nitrogens with one attached hydrogen (secondary N) is 1. The van der Waals surface area contributed by atoms with Gasteiger partial charge in [0.2, 0.25) is 0 Å². The van der Waals surface area contributed by atoms with Gasteiger partial charge in [-0.2, -0.15) is 13.2 Å². The quantitative estimate of drug-likeness (QED) is 0.881. The fourth-order valence-corrected chi connectivity index (χ4v) is 2.02. The monoisotopic (exact) mass is 286 g/mol. The lowest BCUT2D eigenvalue weighted by Crippen LogP contribution is -2.07. The Morgan fingerprint density at radius 2 is 2.10 bits per heavy atom. The van der Waals surface area contributed by atoms with Crippen LogP contribution in [0.25, 0.3) is 11.0 Å². The number of hydrogen-bond donors (Lipinski definition) is 1. The first-order valence-electron chi connectivity index (χ1n) is 6.13. The maximum Gasteiger partial charge on any atom is 0.417 e. The van der Waals surface area contributed by atoms with E-state index in [1.165, 1.54) is 0 Å². The third kappa shape index (κ3) is 2.48. The highest BCUT2D eigenvalue weighted by atomic mass is 19.4. The van der Waals surface area contributed by atoms with E-state index >= 15 is 0 Å². The summed E-state index contributed by atoms with van der Waals surface area (Å²) in [7, 11) is 0. The van der Waals surface area contributed by atoms with Crippen molar-refractivity contribution in [3.05, 3.63) is 29.1 Å². The molecule has 0 saturated heterocycles. The zero-order valence-corrected chi connectivity index (χ0v) is 11.0. The minimum atomic E-state index is -4.46. The zero-order valence-electron chi connectivity index (χ0n) is 11.0. The third-order valence-electron chi connectivity index (χ3n) is 2.92. The van der Waals surface area contributed by atoms with E-state index in [4.69, 9.17) is 4.74 Å². The normalized spacial score (nSPS) is 11.8. The Morgan fingerprint density at radius 3 is 2.65 bits per heavy atom. The number of esters is 1. The van der Waals surface area contributed by atoms with Gasteiger partial charge in [-0.15, -0.1) is 0 Å². The van der Waals surface area contributed by atoms with Crippen LogP contribution in [0.2, 0.25) is 0 Å². The molecule has 4 nitrogen and oxygen atoms in total. The Labute approximate surface area is 113 Å². The van der Waals surface area contributed by atoms with Crippen LogP contribution in [0.15, 0.2) is 12.3 Å². The largest absolute Gasteiger partial charge is 0.461 e. The molecule has 7 heteroatoms. The maximum absolute atomic E-state index is 12.7. The van der Waals surface area contributed by atoms with Crippen molar-refractivity contribution in [3.8, 4) is 0 Å². The van der Waals surface area contributed by atoms with Crippen molar-refractivity contribution in [3.63, 3.8) is 0 Å². The van der Waals surface area contributed by atoms with E-state index in [-0.39, 0.29) is 17.9 Å². The summed E-state index contributed by atoms with van der Waals surface area (Å²) in [5.74, 6) is -0.587. The van der Waals surface area contributed by atoms with E-state index in [1.807, 2.05) is 0 Å². The highest BCUT2D eigenvalue weighted by Gasteiger charge is 2.32. The van der Waals surface area contributed by atoms with Gasteiger partial charge in [-0.1, -0.05) is 6.92 Å². The lowest BCUT2D eigenvalue weighted by atomic mass is 10.1. The molecule has 1 N–H and O–H groups in total. The predicted octanol–water partition coefficient (Wildman–Crippen LogP) is 3.32. The molecule has 20 heavy (non-hydrogen) atoms. The molecule has 0 fully saturated rings. The maximum atomic E-state index is 12.7. The minimum Gasteiger partial charge on any atom is -0.461 e. The van der Waals surface area contributed by atoms with Gasteiger partial charge in [-0.3, -0.25) is 0 Å². The van der Waals surface area contributed by atoms with E-state index in [1.54, 1.807) is 13.8 Å². The van der Waals surface area contributed by atoms with Crippen molar-refractivity contribution in [1.82, 2.24) is 9.97 Å². The lowest BCUT2D eigenvalue weighted by Gasteiger charge is -2.06. The van der Waals surface area contributed by atoms with Gasteiger partial charge < -0.3 is 9.72 Å². The summed E-state index contributed by atoms with van der Waals surface area (Å²) in [5.41, 5.74) is 0.0558.